The van der Waals surface area contributed by atoms with Crippen molar-refractivity contribution in [3.05, 3.63) is 29.6 Å². The molecule has 0 aliphatic carbocycles. The lowest BCUT2D eigenvalue weighted by atomic mass is 10.0. The number of hydrogen-bond donors (Lipinski definition) is 1. The van der Waals surface area contributed by atoms with E-state index < -0.39 is 18.1 Å². The number of amides is 2. The zero-order chi connectivity index (χ0) is 19.3. The topological polar surface area (TPSA) is 76.1 Å². The van der Waals surface area contributed by atoms with Crippen molar-refractivity contribution in [2.24, 2.45) is 5.92 Å². The van der Waals surface area contributed by atoms with Gasteiger partial charge in [0.2, 0.25) is 0 Å². The monoisotopic (exact) mass is 367 g/mol. The maximum atomic E-state index is 13.5. The molecule has 1 heterocycles. The second-order valence-corrected chi connectivity index (χ2v) is 6.83. The first kappa shape index (κ1) is 20.2. The molecule has 1 saturated heterocycles. The van der Waals surface area contributed by atoms with Gasteiger partial charge in [-0.3, -0.25) is 4.79 Å². The van der Waals surface area contributed by atoms with Crippen molar-refractivity contribution >= 4 is 12.0 Å². The molecule has 6 nitrogen and oxygen atoms in total. The Morgan fingerprint density at radius 3 is 2.77 bits per heavy atom. The van der Waals surface area contributed by atoms with Crippen LogP contribution < -0.4 is 4.74 Å². The molecule has 1 aliphatic heterocycles. The Morgan fingerprint density at radius 1 is 1.42 bits per heavy atom. The predicted octanol–water partition coefficient (Wildman–Crippen LogP) is 3.05. The summed E-state index contributed by atoms with van der Waals surface area (Å²) in [5, 5.41) is 8.99. The van der Waals surface area contributed by atoms with Crippen molar-refractivity contribution in [1.29, 1.82) is 0 Å². The number of imide groups is 1. The van der Waals surface area contributed by atoms with Crippen molar-refractivity contribution in [2.75, 3.05) is 13.2 Å². The summed E-state index contributed by atoms with van der Waals surface area (Å²) >= 11 is 0. The van der Waals surface area contributed by atoms with Crippen LogP contribution in [0.15, 0.2) is 18.2 Å². The summed E-state index contributed by atoms with van der Waals surface area (Å²) < 4.78 is 24.3. The van der Waals surface area contributed by atoms with E-state index in [-0.39, 0.29) is 31.0 Å². The summed E-state index contributed by atoms with van der Waals surface area (Å²) in [7, 11) is 0. The fourth-order valence-corrected chi connectivity index (χ4v) is 2.86. The lowest BCUT2D eigenvalue weighted by Crippen LogP contribution is -2.48. The Labute approximate surface area is 152 Å². The molecule has 26 heavy (non-hydrogen) atoms. The smallest absolute Gasteiger partial charge is 0.417 e. The van der Waals surface area contributed by atoms with Crippen LogP contribution in [0.3, 0.4) is 0 Å². The van der Waals surface area contributed by atoms with Gasteiger partial charge in [-0.1, -0.05) is 13.8 Å². The Kier molecular flexibility index (Phi) is 6.97. The fraction of sp³-hybridized carbons (Fsp3) is 0.579. The number of cyclic esters (lactones) is 1. The SMILES string of the molecule is Cc1cc(O[C@H](CCCCO)C(=O)N2C(=O)OC[C@@H]2C(C)C)ccc1F. The molecule has 144 valence electrons. The largest absolute Gasteiger partial charge is 0.481 e. The minimum atomic E-state index is -0.904. The van der Waals surface area contributed by atoms with Gasteiger partial charge in [0, 0.05) is 6.61 Å². The van der Waals surface area contributed by atoms with E-state index in [0.29, 0.717) is 30.6 Å². The van der Waals surface area contributed by atoms with E-state index in [2.05, 4.69) is 0 Å². The van der Waals surface area contributed by atoms with E-state index in [1.165, 1.54) is 18.2 Å². The van der Waals surface area contributed by atoms with Gasteiger partial charge in [0.15, 0.2) is 6.10 Å². The molecule has 1 fully saturated rings. The summed E-state index contributed by atoms with van der Waals surface area (Å²) in [6.45, 7) is 5.62. The lowest BCUT2D eigenvalue weighted by molar-refractivity contribution is -0.137. The maximum absolute atomic E-state index is 13.5. The normalized spacial score (nSPS) is 18.2. The van der Waals surface area contributed by atoms with Gasteiger partial charge in [0.25, 0.3) is 5.91 Å². The van der Waals surface area contributed by atoms with E-state index >= 15 is 0 Å². The molecule has 0 spiro atoms. The van der Waals surface area contributed by atoms with Crippen LogP contribution in [0.4, 0.5) is 9.18 Å². The summed E-state index contributed by atoms with van der Waals surface area (Å²) in [6.07, 6.45) is -0.154. The average molecular weight is 367 g/mol. The third-order valence-electron chi connectivity index (χ3n) is 4.47. The van der Waals surface area contributed by atoms with Crippen LogP contribution in [-0.4, -0.2) is 47.4 Å². The average Bonchev–Trinajstić information content (AvgIpc) is 2.98. The number of nitrogens with zero attached hydrogens (tertiary/aromatic N) is 1. The molecule has 2 rings (SSSR count). The van der Waals surface area contributed by atoms with Gasteiger partial charge in [0.05, 0.1) is 6.04 Å². The molecular formula is C19H26FNO5. The quantitative estimate of drug-likeness (QED) is 0.715. The first-order valence-electron chi connectivity index (χ1n) is 8.88. The maximum Gasteiger partial charge on any atom is 0.417 e. The highest BCUT2D eigenvalue weighted by Gasteiger charge is 2.42. The molecule has 7 heteroatoms. The Bertz CT molecular complexity index is 649. The van der Waals surface area contributed by atoms with Crippen LogP contribution >= 0.6 is 0 Å². The number of carbonyl (C=O) groups excluding carboxylic acids is 2. The highest BCUT2D eigenvalue weighted by Crippen LogP contribution is 2.24. The number of aliphatic hydroxyl groups is 1. The number of hydrogen-bond acceptors (Lipinski definition) is 5. The molecule has 0 bridgehead atoms. The summed E-state index contributed by atoms with van der Waals surface area (Å²) in [5.74, 6) is -0.411. The summed E-state index contributed by atoms with van der Waals surface area (Å²) in [6, 6.07) is 3.91. The second-order valence-electron chi connectivity index (χ2n) is 6.83. The molecule has 0 aromatic heterocycles. The van der Waals surface area contributed by atoms with Gasteiger partial charge >= 0.3 is 6.09 Å². The van der Waals surface area contributed by atoms with Crippen LogP contribution in [0.2, 0.25) is 0 Å². The zero-order valence-corrected chi connectivity index (χ0v) is 15.4. The third kappa shape index (κ3) is 4.72. The van der Waals surface area contributed by atoms with Gasteiger partial charge in [-0.05, 0) is 55.9 Å². The van der Waals surface area contributed by atoms with Crippen LogP contribution in [-0.2, 0) is 9.53 Å². The predicted molar refractivity (Wildman–Crippen MR) is 93.3 cm³/mol. The summed E-state index contributed by atoms with van der Waals surface area (Å²) in [5.41, 5.74) is 0.407. The van der Waals surface area contributed by atoms with Crippen LogP contribution in [0, 0.1) is 18.7 Å². The van der Waals surface area contributed by atoms with E-state index in [1.54, 1.807) is 6.92 Å². The Morgan fingerprint density at radius 2 is 2.15 bits per heavy atom. The highest BCUT2D eigenvalue weighted by molar-refractivity contribution is 5.96. The molecule has 1 N–H and O–H groups in total. The standard InChI is InChI=1S/C19H26FNO5/c1-12(2)16-11-25-19(24)21(16)18(23)17(6-4-5-9-22)26-14-7-8-15(20)13(3)10-14/h7-8,10,12,16-17,22H,4-6,9,11H2,1-3H3/t16-,17-/m1/s1. The third-order valence-corrected chi connectivity index (χ3v) is 4.47. The van der Waals surface area contributed by atoms with Crippen LogP contribution in [0.5, 0.6) is 5.75 Å². The van der Waals surface area contributed by atoms with Crippen molar-refractivity contribution in [2.45, 2.75) is 52.2 Å². The van der Waals surface area contributed by atoms with Gasteiger partial charge in [-0.25, -0.2) is 14.1 Å². The number of benzene rings is 1. The molecule has 1 aliphatic rings. The van der Waals surface area contributed by atoms with E-state index in [9.17, 15) is 14.0 Å². The number of halogens is 1. The summed E-state index contributed by atoms with van der Waals surface area (Å²) in [4.78, 5) is 26.2. The van der Waals surface area contributed by atoms with Crippen molar-refractivity contribution in [3.63, 3.8) is 0 Å². The minimum absolute atomic E-state index is 0.0109. The first-order chi connectivity index (χ1) is 12.3. The van der Waals surface area contributed by atoms with Crippen LogP contribution in [0.25, 0.3) is 0 Å². The van der Waals surface area contributed by atoms with Crippen molar-refractivity contribution < 1.29 is 28.6 Å². The Balaban J connectivity index is 2.20. The van der Waals surface area contributed by atoms with Gasteiger partial charge in [-0.15, -0.1) is 0 Å². The van der Waals surface area contributed by atoms with Crippen molar-refractivity contribution in [3.8, 4) is 5.75 Å². The van der Waals surface area contributed by atoms with E-state index in [4.69, 9.17) is 14.6 Å². The van der Waals surface area contributed by atoms with Gasteiger partial charge < -0.3 is 14.6 Å². The van der Waals surface area contributed by atoms with Gasteiger partial charge in [-0.2, -0.15) is 0 Å². The number of aliphatic hydroxyl groups excluding tert-OH is 1. The van der Waals surface area contributed by atoms with E-state index in [1.807, 2.05) is 13.8 Å². The van der Waals surface area contributed by atoms with Crippen LogP contribution in [0.1, 0.15) is 38.7 Å². The second kappa shape index (κ2) is 8.98. The first-order valence-corrected chi connectivity index (χ1v) is 8.88. The molecule has 0 radical (unpaired) electrons. The molecular weight excluding hydrogens is 341 g/mol. The minimum Gasteiger partial charge on any atom is -0.481 e. The molecule has 1 aromatic carbocycles. The van der Waals surface area contributed by atoms with Gasteiger partial charge in [0.1, 0.15) is 18.2 Å². The fourth-order valence-electron chi connectivity index (χ4n) is 2.86. The number of carbonyl (C=O) groups is 2. The number of rotatable bonds is 8. The van der Waals surface area contributed by atoms with Crippen molar-refractivity contribution in [1.82, 2.24) is 4.90 Å². The molecule has 2 atom stereocenters. The Hall–Kier alpha value is -2.15. The zero-order valence-electron chi connectivity index (χ0n) is 15.4. The highest BCUT2D eigenvalue weighted by atomic mass is 19.1. The number of ether oxygens (including phenoxy) is 2. The molecule has 2 amide bonds. The number of aryl methyl sites for hydroxylation is 1. The number of unbranched alkanes of at least 4 members (excludes halogenated alkanes) is 1. The molecule has 0 unspecified atom stereocenters. The molecule has 0 saturated carbocycles. The van der Waals surface area contributed by atoms with E-state index in [0.717, 1.165) is 4.90 Å². The molecule has 1 aromatic rings. The lowest BCUT2D eigenvalue weighted by Gasteiger charge is -2.27.